The number of carbonyl (C=O) groups excluding carboxylic acids is 1. The van der Waals surface area contributed by atoms with Crippen LogP contribution < -0.4 is 4.90 Å². The molecule has 1 aromatic heterocycles. The van der Waals surface area contributed by atoms with E-state index in [1.165, 1.54) is 5.56 Å². The molecular formula is C11H15N3O. The zero-order valence-electron chi connectivity index (χ0n) is 8.89. The molecule has 0 bridgehead atoms. The molecule has 0 spiro atoms. The van der Waals surface area contributed by atoms with Crippen LogP contribution in [0.3, 0.4) is 0 Å². The number of carbonyl (C=O) groups is 1. The van der Waals surface area contributed by atoms with E-state index in [1.54, 1.807) is 4.90 Å². The Bertz CT molecular complexity index is 328. The van der Waals surface area contributed by atoms with Crippen LogP contribution in [0.4, 0.5) is 5.82 Å². The summed E-state index contributed by atoms with van der Waals surface area (Å²) in [7, 11) is 0. The molecule has 1 aromatic rings. The minimum absolute atomic E-state index is 0.791. The standard InChI is InChI=1S/C11H15N3O/c1-10-2-3-11(12-8-10)14-6-4-13(9-15)5-7-14/h2-3,8-9H,4-7H2,1H3. The van der Waals surface area contributed by atoms with Crippen LogP contribution in [0.1, 0.15) is 5.56 Å². The summed E-state index contributed by atoms with van der Waals surface area (Å²) in [5.41, 5.74) is 1.17. The largest absolute Gasteiger partial charge is 0.353 e. The first kappa shape index (κ1) is 9.96. The van der Waals surface area contributed by atoms with Gasteiger partial charge in [-0.05, 0) is 18.6 Å². The van der Waals surface area contributed by atoms with E-state index in [4.69, 9.17) is 0 Å². The molecule has 4 heteroatoms. The Morgan fingerprint density at radius 3 is 2.53 bits per heavy atom. The second kappa shape index (κ2) is 4.29. The van der Waals surface area contributed by atoms with Crippen molar-refractivity contribution in [1.29, 1.82) is 0 Å². The first-order valence-corrected chi connectivity index (χ1v) is 5.16. The fourth-order valence-electron chi connectivity index (χ4n) is 1.70. The molecule has 1 aliphatic heterocycles. The summed E-state index contributed by atoms with van der Waals surface area (Å²) in [5.74, 6) is 1.01. The van der Waals surface area contributed by atoms with Crippen molar-refractivity contribution in [3.63, 3.8) is 0 Å². The lowest BCUT2D eigenvalue weighted by molar-refractivity contribution is -0.118. The zero-order valence-corrected chi connectivity index (χ0v) is 8.89. The van der Waals surface area contributed by atoms with Gasteiger partial charge in [-0.2, -0.15) is 0 Å². The van der Waals surface area contributed by atoms with Crippen LogP contribution in [-0.4, -0.2) is 42.5 Å². The van der Waals surface area contributed by atoms with Gasteiger partial charge in [0.05, 0.1) is 0 Å². The number of anilines is 1. The Morgan fingerprint density at radius 2 is 2.00 bits per heavy atom. The van der Waals surface area contributed by atoms with Crippen molar-refractivity contribution >= 4 is 12.2 Å². The van der Waals surface area contributed by atoms with Gasteiger partial charge in [0.15, 0.2) is 0 Å². The number of rotatable bonds is 2. The minimum atomic E-state index is 0.791. The molecule has 1 aliphatic rings. The van der Waals surface area contributed by atoms with Gasteiger partial charge in [-0.15, -0.1) is 0 Å². The zero-order chi connectivity index (χ0) is 10.7. The van der Waals surface area contributed by atoms with Gasteiger partial charge in [0.25, 0.3) is 0 Å². The van der Waals surface area contributed by atoms with Gasteiger partial charge in [0.2, 0.25) is 6.41 Å². The van der Waals surface area contributed by atoms with Crippen LogP contribution >= 0.6 is 0 Å². The smallest absolute Gasteiger partial charge is 0.209 e. The lowest BCUT2D eigenvalue weighted by Gasteiger charge is -2.33. The van der Waals surface area contributed by atoms with Crippen LogP contribution in [0, 0.1) is 6.92 Å². The van der Waals surface area contributed by atoms with Crippen LogP contribution in [-0.2, 0) is 4.79 Å². The SMILES string of the molecule is Cc1ccc(N2CCN(C=O)CC2)nc1. The van der Waals surface area contributed by atoms with Crippen LogP contribution in [0.25, 0.3) is 0 Å². The summed E-state index contributed by atoms with van der Waals surface area (Å²) >= 11 is 0. The molecule has 80 valence electrons. The third-order valence-corrected chi connectivity index (χ3v) is 2.68. The molecule has 0 aromatic carbocycles. The Labute approximate surface area is 89.5 Å². The van der Waals surface area contributed by atoms with Crippen molar-refractivity contribution in [3.8, 4) is 0 Å². The maximum Gasteiger partial charge on any atom is 0.209 e. The topological polar surface area (TPSA) is 36.4 Å². The molecule has 0 radical (unpaired) electrons. The Hall–Kier alpha value is -1.58. The van der Waals surface area contributed by atoms with Gasteiger partial charge in [-0.25, -0.2) is 4.98 Å². The van der Waals surface area contributed by atoms with Gasteiger partial charge in [-0.3, -0.25) is 4.79 Å². The van der Waals surface area contributed by atoms with E-state index < -0.39 is 0 Å². The third-order valence-electron chi connectivity index (χ3n) is 2.68. The Morgan fingerprint density at radius 1 is 1.27 bits per heavy atom. The second-order valence-electron chi connectivity index (χ2n) is 3.82. The Kier molecular flexibility index (Phi) is 2.85. The maximum absolute atomic E-state index is 10.5. The van der Waals surface area contributed by atoms with E-state index >= 15 is 0 Å². The predicted octanol–water partition coefficient (Wildman–Crippen LogP) is 0.668. The fourth-order valence-corrected chi connectivity index (χ4v) is 1.70. The van der Waals surface area contributed by atoms with Crippen molar-refractivity contribution in [2.75, 3.05) is 31.1 Å². The van der Waals surface area contributed by atoms with E-state index in [-0.39, 0.29) is 0 Å². The van der Waals surface area contributed by atoms with E-state index in [0.717, 1.165) is 38.4 Å². The average molecular weight is 205 g/mol. The highest BCUT2D eigenvalue weighted by molar-refractivity contribution is 5.49. The van der Waals surface area contributed by atoms with Crippen molar-refractivity contribution in [2.45, 2.75) is 6.92 Å². The van der Waals surface area contributed by atoms with Gasteiger partial charge in [-0.1, -0.05) is 6.07 Å². The fraction of sp³-hybridized carbons (Fsp3) is 0.455. The van der Waals surface area contributed by atoms with Gasteiger partial charge >= 0.3 is 0 Å². The van der Waals surface area contributed by atoms with E-state index in [1.807, 2.05) is 19.2 Å². The lowest BCUT2D eigenvalue weighted by atomic mass is 10.3. The highest BCUT2D eigenvalue weighted by Gasteiger charge is 2.15. The monoisotopic (exact) mass is 205 g/mol. The summed E-state index contributed by atoms with van der Waals surface area (Å²) in [6, 6.07) is 4.10. The van der Waals surface area contributed by atoms with Crippen LogP contribution in [0.2, 0.25) is 0 Å². The quantitative estimate of drug-likeness (QED) is 0.666. The molecule has 0 atom stereocenters. The first-order valence-electron chi connectivity index (χ1n) is 5.16. The number of hydrogen-bond acceptors (Lipinski definition) is 3. The van der Waals surface area contributed by atoms with Gasteiger partial charge < -0.3 is 9.80 Å². The highest BCUT2D eigenvalue weighted by atomic mass is 16.1. The number of aromatic nitrogens is 1. The number of amides is 1. The minimum Gasteiger partial charge on any atom is -0.353 e. The number of hydrogen-bond donors (Lipinski definition) is 0. The van der Waals surface area contributed by atoms with Crippen LogP contribution in [0.15, 0.2) is 18.3 Å². The summed E-state index contributed by atoms with van der Waals surface area (Å²) < 4.78 is 0. The molecule has 1 amide bonds. The molecule has 2 rings (SSSR count). The molecular weight excluding hydrogens is 190 g/mol. The normalized spacial score (nSPS) is 16.6. The van der Waals surface area contributed by atoms with E-state index in [2.05, 4.69) is 16.0 Å². The molecule has 1 saturated heterocycles. The third kappa shape index (κ3) is 2.26. The predicted molar refractivity (Wildman–Crippen MR) is 58.8 cm³/mol. The first-order chi connectivity index (χ1) is 7.29. The summed E-state index contributed by atoms with van der Waals surface area (Å²) in [4.78, 5) is 18.9. The molecule has 0 aliphatic carbocycles. The Balaban J connectivity index is 2.01. The number of piperazine rings is 1. The van der Waals surface area contributed by atoms with Crippen molar-refractivity contribution in [3.05, 3.63) is 23.9 Å². The summed E-state index contributed by atoms with van der Waals surface area (Å²) in [6.45, 7) is 5.35. The molecule has 0 unspecified atom stereocenters. The molecule has 2 heterocycles. The maximum atomic E-state index is 10.5. The van der Waals surface area contributed by atoms with E-state index in [9.17, 15) is 4.79 Å². The molecule has 15 heavy (non-hydrogen) atoms. The second-order valence-corrected chi connectivity index (χ2v) is 3.82. The average Bonchev–Trinajstić information content (AvgIpc) is 2.30. The highest BCUT2D eigenvalue weighted by Crippen LogP contribution is 2.12. The summed E-state index contributed by atoms with van der Waals surface area (Å²) in [5, 5.41) is 0. The van der Waals surface area contributed by atoms with Gasteiger partial charge in [0.1, 0.15) is 5.82 Å². The van der Waals surface area contributed by atoms with E-state index in [0.29, 0.717) is 0 Å². The molecule has 0 saturated carbocycles. The molecule has 1 fully saturated rings. The van der Waals surface area contributed by atoms with Crippen molar-refractivity contribution in [1.82, 2.24) is 9.88 Å². The molecule has 4 nitrogen and oxygen atoms in total. The van der Waals surface area contributed by atoms with Crippen molar-refractivity contribution in [2.24, 2.45) is 0 Å². The van der Waals surface area contributed by atoms with Crippen molar-refractivity contribution < 1.29 is 4.79 Å². The molecule has 0 N–H and O–H groups in total. The van der Waals surface area contributed by atoms with Crippen LogP contribution in [0.5, 0.6) is 0 Å². The number of nitrogens with zero attached hydrogens (tertiary/aromatic N) is 3. The lowest BCUT2D eigenvalue weighted by Crippen LogP contribution is -2.46. The summed E-state index contributed by atoms with van der Waals surface area (Å²) in [6.07, 6.45) is 2.79. The number of aryl methyl sites for hydroxylation is 1. The van der Waals surface area contributed by atoms with Gasteiger partial charge in [0, 0.05) is 32.4 Å². The number of pyridine rings is 1.